The molecule has 5 heteroatoms. The van der Waals surface area contributed by atoms with Crippen LogP contribution < -0.4 is 10.2 Å². The molecule has 0 aliphatic rings. The van der Waals surface area contributed by atoms with Crippen LogP contribution in [0.5, 0.6) is 5.75 Å². The second-order valence-electron chi connectivity index (χ2n) is 5.75. The van der Waals surface area contributed by atoms with E-state index < -0.39 is 0 Å². The molecule has 2 aromatic rings. The molecule has 0 aliphatic heterocycles. The van der Waals surface area contributed by atoms with Gasteiger partial charge in [0.2, 0.25) is 0 Å². The second-order valence-corrected chi connectivity index (χ2v) is 5.75. The molecule has 1 heterocycles. The Morgan fingerprint density at radius 2 is 2.17 bits per heavy atom. The fraction of sp³-hybridized carbons (Fsp3) is 0.316. The Balaban J connectivity index is 2.17. The fourth-order valence-corrected chi connectivity index (χ4v) is 2.30. The van der Waals surface area contributed by atoms with Crippen LogP contribution in [0.15, 0.2) is 41.6 Å². The van der Waals surface area contributed by atoms with E-state index in [1.54, 1.807) is 30.6 Å². The molecule has 0 saturated carbocycles. The van der Waals surface area contributed by atoms with Crippen LogP contribution in [0.1, 0.15) is 53.9 Å². The first kappa shape index (κ1) is 17.7. The van der Waals surface area contributed by atoms with Gasteiger partial charge < -0.3 is 4.74 Å². The van der Waals surface area contributed by atoms with Gasteiger partial charge in [0.25, 0.3) is 5.91 Å². The number of aromatic nitrogens is 1. The average Bonchev–Trinajstić information content (AvgIpc) is 2.57. The Bertz CT molecular complexity index is 725. The van der Waals surface area contributed by atoms with Crippen molar-refractivity contribution < 1.29 is 9.53 Å². The van der Waals surface area contributed by atoms with Gasteiger partial charge in [0.15, 0.2) is 0 Å². The summed E-state index contributed by atoms with van der Waals surface area (Å²) in [6, 6.07) is 9.24. The zero-order valence-electron chi connectivity index (χ0n) is 14.5. The van der Waals surface area contributed by atoms with Gasteiger partial charge in [0.05, 0.1) is 12.8 Å². The van der Waals surface area contributed by atoms with E-state index in [9.17, 15) is 4.79 Å². The normalized spacial score (nSPS) is 11.0. The van der Waals surface area contributed by atoms with Crippen LogP contribution in [-0.2, 0) is 0 Å². The highest BCUT2D eigenvalue weighted by molar-refractivity contribution is 5.93. The van der Waals surface area contributed by atoms with Crippen molar-refractivity contribution >= 4 is 12.1 Å². The SMILES string of the molecule is CCOc1cc(C)c(/C=N\NC(=O)c2ccccn2)cc1C(C)C. The minimum atomic E-state index is -0.334. The van der Waals surface area contributed by atoms with Gasteiger partial charge in [0, 0.05) is 6.20 Å². The lowest BCUT2D eigenvalue weighted by molar-refractivity contribution is 0.0950. The van der Waals surface area contributed by atoms with Crippen LogP contribution in [0.3, 0.4) is 0 Å². The first-order chi connectivity index (χ1) is 11.5. The molecule has 0 radical (unpaired) electrons. The number of nitrogens with zero attached hydrogens (tertiary/aromatic N) is 2. The van der Waals surface area contributed by atoms with Gasteiger partial charge in [-0.1, -0.05) is 19.9 Å². The minimum Gasteiger partial charge on any atom is -0.494 e. The molecule has 1 amide bonds. The molecule has 24 heavy (non-hydrogen) atoms. The van der Waals surface area contributed by atoms with Crippen molar-refractivity contribution in [2.75, 3.05) is 6.61 Å². The van der Waals surface area contributed by atoms with Crippen LogP contribution in [0.2, 0.25) is 0 Å². The second kappa shape index (κ2) is 8.24. The summed E-state index contributed by atoms with van der Waals surface area (Å²) in [5.74, 6) is 0.904. The third-order valence-electron chi connectivity index (χ3n) is 3.59. The van der Waals surface area contributed by atoms with Crippen LogP contribution in [0.4, 0.5) is 0 Å². The number of amides is 1. The molecular weight excluding hydrogens is 302 g/mol. The van der Waals surface area contributed by atoms with Crippen LogP contribution in [-0.4, -0.2) is 23.7 Å². The topological polar surface area (TPSA) is 63.6 Å². The minimum absolute atomic E-state index is 0.334. The van der Waals surface area contributed by atoms with E-state index in [0.29, 0.717) is 18.2 Å². The molecule has 0 fully saturated rings. The molecule has 5 nitrogen and oxygen atoms in total. The summed E-state index contributed by atoms with van der Waals surface area (Å²) >= 11 is 0. The lowest BCUT2D eigenvalue weighted by atomic mass is 9.97. The highest BCUT2D eigenvalue weighted by Gasteiger charge is 2.11. The number of rotatable bonds is 6. The van der Waals surface area contributed by atoms with Crippen molar-refractivity contribution in [1.82, 2.24) is 10.4 Å². The summed E-state index contributed by atoms with van der Waals surface area (Å²) < 4.78 is 5.71. The van der Waals surface area contributed by atoms with Crippen LogP contribution in [0.25, 0.3) is 0 Å². The number of hydrogen-bond donors (Lipinski definition) is 1. The van der Waals surface area contributed by atoms with E-state index in [0.717, 1.165) is 22.4 Å². The third kappa shape index (κ3) is 4.41. The quantitative estimate of drug-likeness (QED) is 0.651. The van der Waals surface area contributed by atoms with Crippen molar-refractivity contribution in [1.29, 1.82) is 0 Å². The van der Waals surface area contributed by atoms with Gasteiger partial charge >= 0.3 is 0 Å². The molecular formula is C19H23N3O2. The van der Waals surface area contributed by atoms with Gasteiger partial charge in [-0.3, -0.25) is 9.78 Å². The van der Waals surface area contributed by atoms with E-state index >= 15 is 0 Å². The number of aryl methyl sites for hydroxylation is 1. The van der Waals surface area contributed by atoms with Crippen molar-refractivity contribution in [3.8, 4) is 5.75 Å². The first-order valence-corrected chi connectivity index (χ1v) is 8.04. The van der Waals surface area contributed by atoms with Crippen molar-refractivity contribution in [3.05, 3.63) is 58.9 Å². The van der Waals surface area contributed by atoms with Crippen LogP contribution in [0, 0.1) is 6.92 Å². The number of carbonyl (C=O) groups excluding carboxylic acids is 1. The van der Waals surface area contributed by atoms with E-state index in [4.69, 9.17) is 4.74 Å². The zero-order chi connectivity index (χ0) is 17.5. The predicted octanol–water partition coefficient (Wildman–Crippen LogP) is 3.68. The highest BCUT2D eigenvalue weighted by Crippen LogP contribution is 2.29. The smallest absolute Gasteiger partial charge is 0.289 e. The monoisotopic (exact) mass is 325 g/mol. The Morgan fingerprint density at radius 3 is 2.79 bits per heavy atom. The van der Waals surface area contributed by atoms with Crippen molar-refractivity contribution in [2.45, 2.75) is 33.6 Å². The standard InChI is InChI=1S/C19H23N3O2/c1-5-24-18-10-14(4)15(11-16(18)13(2)3)12-21-22-19(23)17-8-6-7-9-20-17/h6-13H,5H2,1-4H3,(H,22,23)/b21-12-. The number of hydrogen-bond acceptors (Lipinski definition) is 4. The lowest BCUT2D eigenvalue weighted by Gasteiger charge is -2.15. The van der Waals surface area contributed by atoms with Gasteiger partial charge in [-0.05, 0) is 60.7 Å². The molecule has 1 aromatic carbocycles. The molecule has 0 aliphatic carbocycles. The van der Waals surface area contributed by atoms with Gasteiger partial charge in [-0.15, -0.1) is 0 Å². The summed E-state index contributed by atoms with van der Waals surface area (Å²) in [5.41, 5.74) is 5.95. The van der Waals surface area contributed by atoms with Gasteiger partial charge in [0.1, 0.15) is 11.4 Å². The summed E-state index contributed by atoms with van der Waals surface area (Å²) in [7, 11) is 0. The van der Waals surface area contributed by atoms with E-state index in [1.807, 2.05) is 19.9 Å². The number of nitrogens with one attached hydrogen (secondary N) is 1. The predicted molar refractivity (Wildman–Crippen MR) is 95.7 cm³/mol. The van der Waals surface area contributed by atoms with Crippen LogP contribution >= 0.6 is 0 Å². The molecule has 2 rings (SSSR count). The molecule has 1 N–H and O–H groups in total. The Hall–Kier alpha value is -2.69. The Morgan fingerprint density at radius 1 is 1.38 bits per heavy atom. The summed E-state index contributed by atoms with van der Waals surface area (Å²) in [5, 5.41) is 4.05. The lowest BCUT2D eigenvalue weighted by Crippen LogP contribution is -2.18. The third-order valence-corrected chi connectivity index (χ3v) is 3.59. The number of benzene rings is 1. The highest BCUT2D eigenvalue weighted by atomic mass is 16.5. The fourth-order valence-electron chi connectivity index (χ4n) is 2.30. The molecule has 0 bridgehead atoms. The molecule has 126 valence electrons. The summed E-state index contributed by atoms with van der Waals surface area (Å²) in [4.78, 5) is 15.9. The van der Waals surface area contributed by atoms with E-state index in [-0.39, 0.29) is 5.91 Å². The maximum Gasteiger partial charge on any atom is 0.289 e. The van der Waals surface area contributed by atoms with Gasteiger partial charge in [-0.2, -0.15) is 5.10 Å². The molecule has 0 unspecified atom stereocenters. The molecule has 1 aromatic heterocycles. The molecule has 0 saturated heterocycles. The summed E-state index contributed by atoms with van der Waals surface area (Å²) in [6.07, 6.45) is 3.22. The van der Waals surface area contributed by atoms with Crippen molar-refractivity contribution in [3.63, 3.8) is 0 Å². The largest absolute Gasteiger partial charge is 0.494 e. The van der Waals surface area contributed by atoms with E-state index in [1.165, 1.54) is 0 Å². The Labute approximate surface area is 142 Å². The van der Waals surface area contributed by atoms with E-state index in [2.05, 4.69) is 35.4 Å². The number of pyridine rings is 1. The molecule has 0 spiro atoms. The average molecular weight is 325 g/mol. The zero-order valence-corrected chi connectivity index (χ0v) is 14.5. The number of carbonyl (C=O) groups is 1. The van der Waals surface area contributed by atoms with Gasteiger partial charge in [-0.25, -0.2) is 5.43 Å². The Kier molecular flexibility index (Phi) is 6.07. The maximum absolute atomic E-state index is 11.9. The number of hydrazone groups is 1. The van der Waals surface area contributed by atoms with Crippen molar-refractivity contribution in [2.24, 2.45) is 5.10 Å². The number of ether oxygens (including phenoxy) is 1. The summed E-state index contributed by atoms with van der Waals surface area (Å²) in [6.45, 7) is 8.84. The molecule has 0 atom stereocenters. The first-order valence-electron chi connectivity index (χ1n) is 8.04. The maximum atomic E-state index is 11.9.